The van der Waals surface area contributed by atoms with Gasteiger partial charge in [-0.2, -0.15) is 15.0 Å². The van der Waals surface area contributed by atoms with Crippen LogP contribution < -0.4 is 31.1 Å². The molecule has 46 heavy (non-hydrogen) atoms. The fourth-order valence-corrected chi connectivity index (χ4v) is 5.59. The highest BCUT2D eigenvalue weighted by molar-refractivity contribution is 5.84. The van der Waals surface area contributed by atoms with Crippen LogP contribution in [0, 0.1) is 0 Å². The number of benzene rings is 2. The smallest absolute Gasteiger partial charge is 0.349 e. The lowest BCUT2D eigenvalue weighted by Crippen LogP contribution is -2.22. The van der Waals surface area contributed by atoms with Gasteiger partial charge in [0.25, 0.3) is 0 Å². The second-order valence-corrected chi connectivity index (χ2v) is 11.4. The van der Waals surface area contributed by atoms with Crippen LogP contribution in [0.5, 0.6) is 17.2 Å². The van der Waals surface area contributed by atoms with Gasteiger partial charge in [-0.05, 0) is 56.4 Å². The highest BCUT2D eigenvalue weighted by Crippen LogP contribution is 2.42. The van der Waals surface area contributed by atoms with Crippen LogP contribution in [-0.4, -0.2) is 48.3 Å². The van der Waals surface area contributed by atoms with Crippen LogP contribution in [0.25, 0.3) is 11.2 Å². The Kier molecular flexibility index (Phi) is 7.97. The molecule has 1 saturated heterocycles. The van der Waals surface area contributed by atoms with Crippen molar-refractivity contribution in [2.45, 2.75) is 44.9 Å². The van der Waals surface area contributed by atoms with E-state index < -0.39 is 0 Å². The number of aryl methyl sites for hydroxylation is 2. The number of hydrogen-bond donors (Lipinski definition) is 3. The van der Waals surface area contributed by atoms with Crippen molar-refractivity contribution in [1.82, 2.24) is 29.1 Å². The summed E-state index contributed by atoms with van der Waals surface area (Å²) in [5.41, 5.74) is 3.46. The van der Waals surface area contributed by atoms with Gasteiger partial charge < -0.3 is 30.2 Å². The van der Waals surface area contributed by atoms with Gasteiger partial charge in [-0.15, -0.1) is 0 Å². The van der Waals surface area contributed by atoms with Crippen molar-refractivity contribution >= 4 is 34.4 Å². The summed E-state index contributed by atoms with van der Waals surface area (Å²) in [6.07, 6.45) is 6.81. The molecule has 0 amide bonds. The number of fused-ring (bicyclic) bond motifs is 3. The van der Waals surface area contributed by atoms with Crippen molar-refractivity contribution in [3.8, 4) is 17.2 Å². The van der Waals surface area contributed by atoms with E-state index >= 15 is 0 Å². The van der Waals surface area contributed by atoms with E-state index in [1.54, 1.807) is 19.6 Å². The number of anilines is 4. The molecule has 7 rings (SSSR count). The lowest BCUT2D eigenvalue weighted by atomic mass is 10.1. The first-order chi connectivity index (χ1) is 22.4. The minimum Gasteiger partial charge on any atom is -0.487 e. The predicted molar refractivity (Wildman–Crippen MR) is 175 cm³/mol. The zero-order chi connectivity index (χ0) is 31.6. The lowest BCUT2D eigenvalue weighted by molar-refractivity contribution is 0.0132. The molecule has 0 saturated carbocycles. The average molecular weight is 622 g/mol. The second kappa shape index (κ2) is 12.5. The maximum absolute atomic E-state index is 12.1. The van der Waals surface area contributed by atoms with E-state index in [4.69, 9.17) is 24.2 Å². The highest BCUT2D eigenvalue weighted by atomic mass is 16.5. The molecular weight excluding hydrogens is 586 g/mol. The van der Waals surface area contributed by atoms with Gasteiger partial charge in [-0.25, -0.2) is 9.78 Å². The quantitative estimate of drug-likeness (QED) is 0.158. The van der Waals surface area contributed by atoms with Gasteiger partial charge in [0.2, 0.25) is 5.95 Å². The zero-order valence-corrected chi connectivity index (χ0v) is 25.7. The molecule has 3 N–H and O–H groups in total. The number of aromatic nitrogens is 6. The number of nitrogens with zero attached hydrogens (tertiary/aromatic N) is 6. The second-order valence-electron chi connectivity index (χ2n) is 11.4. The van der Waals surface area contributed by atoms with Crippen LogP contribution in [-0.2, 0) is 18.2 Å². The van der Waals surface area contributed by atoms with Gasteiger partial charge in [0.1, 0.15) is 18.6 Å². The maximum Gasteiger partial charge on any atom is 0.349 e. The fourth-order valence-electron chi connectivity index (χ4n) is 5.59. The van der Waals surface area contributed by atoms with Gasteiger partial charge >= 0.3 is 5.69 Å². The lowest BCUT2D eigenvalue weighted by Gasteiger charge is -2.23. The molecule has 0 spiro atoms. The maximum atomic E-state index is 12.1. The van der Waals surface area contributed by atoms with Crippen LogP contribution in [0.4, 0.5) is 23.3 Å². The average Bonchev–Trinajstić information content (AvgIpc) is 3.68. The van der Waals surface area contributed by atoms with Crippen LogP contribution in [0.15, 0.2) is 78.1 Å². The number of para-hydroxylation sites is 2. The Bertz CT molecular complexity index is 1960. The summed E-state index contributed by atoms with van der Waals surface area (Å²) in [5.74, 6) is 3.37. The van der Waals surface area contributed by atoms with E-state index in [0.717, 1.165) is 42.7 Å². The minimum atomic E-state index is -0.353. The third kappa shape index (κ3) is 6.09. The van der Waals surface area contributed by atoms with E-state index in [0.29, 0.717) is 52.5 Å². The van der Waals surface area contributed by atoms with Crippen molar-refractivity contribution in [2.24, 2.45) is 7.05 Å². The van der Waals surface area contributed by atoms with E-state index in [-0.39, 0.29) is 24.6 Å². The van der Waals surface area contributed by atoms with Crippen molar-refractivity contribution in [3.05, 3.63) is 89.4 Å². The molecule has 2 aromatic carbocycles. The van der Waals surface area contributed by atoms with Crippen LogP contribution in [0.1, 0.15) is 38.0 Å². The van der Waals surface area contributed by atoms with Gasteiger partial charge in [-0.3, -0.25) is 9.13 Å². The van der Waals surface area contributed by atoms with E-state index in [1.807, 2.05) is 53.1 Å². The summed E-state index contributed by atoms with van der Waals surface area (Å²) in [5, 5.41) is 9.98. The zero-order valence-electron chi connectivity index (χ0n) is 25.7. The molecule has 0 bridgehead atoms. The largest absolute Gasteiger partial charge is 0.487 e. The molecule has 0 aliphatic carbocycles. The van der Waals surface area contributed by atoms with E-state index in [1.165, 1.54) is 4.57 Å². The van der Waals surface area contributed by atoms with Crippen LogP contribution >= 0.6 is 0 Å². The van der Waals surface area contributed by atoms with Gasteiger partial charge in [0, 0.05) is 19.3 Å². The van der Waals surface area contributed by atoms with E-state index in [2.05, 4.69) is 39.4 Å². The third-order valence-corrected chi connectivity index (χ3v) is 7.93. The molecule has 236 valence electrons. The molecule has 13 heteroatoms. The highest BCUT2D eigenvalue weighted by Gasteiger charge is 2.26. The minimum absolute atomic E-state index is 0.140. The Morgan fingerprint density at radius 3 is 2.80 bits per heavy atom. The molecule has 2 aliphatic rings. The summed E-state index contributed by atoms with van der Waals surface area (Å²) in [6, 6.07) is 15.5. The monoisotopic (exact) mass is 621 g/mol. The molecule has 5 aromatic rings. The molecule has 3 aromatic heterocycles. The molecule has 0 radical (unpaired) electrons. The van der Waals surface area contributed by atoms with Gasteiger partial charge in [0.15, 0.2) is 34.3 Å². The summed E-state index contributed by atoms with van der Waals surface area (Å²) in [7, 11) is 1.65. The van der Waals surface area contributed by atoms with Crippen molar-refractivity contribution in [3.63, 3.8) is 0 Å². The molecule has 1 fully saturated rings. The Morgan fingerprint density at radius 2 is 1.98 bits per heavy atom. The number of ether oxygens (including phenoxy) is 3. The Hall–Kier alpha value is -5.43. The predicted octanol–water partition coefficient (Wildman–Crippen LogP) is 5.52. The fraction of sp³-hybridized carbons (Fsp3) is 0.303. The number of nitrogens with one attached hydrogen (secondary N) is 3. The first-order valence-corrected chi connectivity index (χ1v) is 15.3. The van der Waals surface area contributed by atoms with E-state index in [9.17, 15) is 4.79 Å². The molecule has 2 atom stereocenters. The number of imidazole rings is 1. The number of rotatable bonds is 11. The molecular formula is C33H35N9O4. The first kappa shape index (κ1) is 29.3. The van der Waals surface area contributed by atoms with Gasteiger partial charge in [0.05, 0.1) is 24.3 Å². The molecule has 5 heterocycles. The summed E-state index contributed by atoms with van der Waals surface area (Å²) in [4.78, 5) is 30.5. The van der Waals surface area contributed by atoms with Crippen LogP contribution in [0.3, 0.4) is 0 Å². The standard InChI is InChI=1S/C33H35N9O4/c1-20(18-44-23-11-5-4-6-12-23)36-32-38-30(28-31(40-32)42(19-35-28)26-15-14-21(2)45-26)34-16-8-10-22-9-7-13-24-27(22)37-29-25(46-24)17-41(3)33(43)39-29/h4-7,9,11-13,17,19,21,26H,1,8,10,14-16,18H2,2-3H3,(H,37,39,43)(H2,34,36,38,40). The summed E-state index contributed by atoms with van der Waals surface area (Å²) < 4.78 is 21.4. The van der Waals surface area contributed by atoms with Crippen molar-refractivity contribution in [2.75, 3.05) is 29.1 Å². The third-order valence-electron chi connectivity index (χ3n) is 7.93. The number of hydrogen-bond acceptors (Lipinski definition) is 11. The Morgan fingerprint density at radius 1 is 1.11 bits per heavy atom. The molecule has 2 aliphatic heterocycles. The van der Waals surface area contributed by atoms with Crippen molar-refractivity contribution in [1.29, 1.82) is 0 Å². The summed E-state index contributed by atoms with van der Waals surface area (Å²) in [6.45, 7) is 7.07. The van der Waals surface area contributed by atoms with Crippen molar-refractivity contribution < 1.29 is 14.2 Å². The molecule has 2 unspecified atom stereocenters. The SMILES string of the molecule is C=C(COc1ccccc1)Nc1nc(NCCCc2cccc3c2Nc2nc(=O)n(C)cc2O3)c2ncn(C3CCC(C)O3)c2n1. The molecule has 13 nitrogen and oxygen atoms in total. The van der Waals surface area contributed by atoms with Gasteiger partial charge in [-0.1, -0.05) is 36.9 Å². The Labute approximate surface area is 265 Å². The normalized spacial score (nSPS) is 16.7. The Balaban J connectivity index is 1.06. The summed E-state index contributed by atoms with van der Waals surface area (Å²) >= 11 is 0. The van der Waals surface area contributed by atoms with Crippen LogP contribution in [0.2, 0.25) is 0 Å². The topological polar surface area (TPSA) is 142 Å². The first-order valence-electron chi connectivity index (χ1n) is 15.3.